The maximum Gasteiger partial charge on any atom is 0.276 e. The highest BCUT2D eigenvalue weighted by Gasteiger charge is 2.31. The highest BCUT2D eigenvalue weighted by molar-refractivity contribution is 6.05. The molecule has 2 heterocycles. The van der Waals surface area contributed by atoms with Crippen LogP contribution in [0.3, 0.4) is 0 Å². The molecule has 1 aliphatic heterocycles. The van der Waals surface area contributed by atoms with Crippen molar-refractivity contribution in [1.82, 2.24) is 9.78 Å². The predicted octanol–water partition coefficient (Wildman–Crippen LogP) is 4.16. The van der Waals surface area contributed by atoms with Crippen molar-refractivity contribution >= 4 is 17.3 Å². The molecule has 3 aromatic rings. The second-order valence-electron chi connectivity index (χ2n) is 6.93. The number of anilines is 2. The van der Waals surface area contributed by atoms with E-state index < -0.39 is 0 Å². The van der Waals surface area contributed by atoms with Crippen molar-refractivity contribution in [2.24, 2.45) is 0 Å². The van der Waals surface area contributed by atoms with E-state index in [9.17, 15) is 9.18 Å². The first kappa shape index (κ1) is 17.3. The van der Waals surface area contributed by atoms with Gasteiger partial charge in [0.1, 0.15) is 11.5 Å². The molecule has 1 aliphatic rings. The zero-order valence-corrected chi connectivity index (χ0v) is 15.3. The second kappa shape index (κ2) is 6.87. The summed E-state index contributed by atoms with van der Waals surface area (Å²) >= 11 is 0. The van der Waals surface area contributed by atoms with Gasteiger partial charge in [-0.15, -0.1) is 0 Å². The average molecular weight is 364 g/mol. The minimum absolute atomic E-state index is 0.0378. The number of rotatable bonds is 4. The number of carbonyl (C=O) groups excluding carboxylic acids is 1. The first-order valence-electron chi connectivity index (χ1n) is 8.97. The summed E-state index contributed by atoms with van der Waals surface area (Å²) in [4.78, 5) is 14.6. The molecule has 0 radical (unpaired) electrons. The van der Waals surface area contributed by atoms with Crippen molar-refractivity contribution in [1.29, 1.82) is 0 Å². The molecule has 0 bridgehead atoms. The fraction of sp³-hybridized carbons (Fsp3) is 0.238. The molecule has 0 spiro atoms. The van der Waals surface area contributed by atoms with Crippen LogP contribution >= 0.6 is 0 Å². The van der Waals surface area contributed by atoms with Gasteiger partial charge in [0.2, 0.25) is 0 Å². The molecular weight excluding hydrogens is 343 g/mol. The topological polar surface area (TPSA) is 50.2 Å². The first-order chi connectivity index (χ1) is 13.0. The third-order valence-corrected chi connectivity index (χ3v) is 4.78. The van der Waals surface area contributed by atoms with E-state index >= 15 is 0 Å². The monoisotopic (exact) mass is 364 g/mol. The highest BCUT2D eigenvalue weighted by atomic mass is 19.1. The molecule has 1 N–H and O–H groups in total. The maximum atomic E-state index is 13.2. The Labute approximate surface area is 157 Å². The zero-order chi connectivity index (χ0) is 19.0. The molecule has 4 rings (SSSR count). The summed E-state index contributed by atoms with van der Waals surface area (Å²) in [5, 5.41) is 7.94. The molecule has 2 aromatic carbocycles. The molecule has 0 aliphatic carbocycles. The summed E-state index contributed by atoms with van der Waals surface area (Å²) in [6.07, 6.45) is 0. The van der Waals surface area contributed by atoms with E-state index in [1.54, 1.807) is 21.7 Å². The molecule has 1 aromatic heterocycles. The summed E-state index contributed by atoms with van der Waals surface area (Å²) in [5.74, 6) is -0.431. The molecule has 0 fully saturated rings. The Morgan fingerprint density at radius 2 is 1.85 bits per heavy atom. The molecule has 5 nitrogen and oxygen atoms in total. The quantitative estimate of drug-likeness (QED) is 0.756. The number of nitrogens with zero attached hydrogens (tertiary/aromatic N) is 3. The number of carbonyl (C=O) groups is 1. The predicted molar refractivity (Wildman–Crippen MR) is 104 cm³/mol. The number of aromatic nitrogens is 2. The van der Waals surface area contributed by atoms with Crippen LogP contribution in [0.15, 0.2) is 54.6 Å². The normalized spacial score (nSPS) is 16.3. The summed E-state index contributed by atoms with van der Waals surface area (Å²) in [5.41, 5.74) is 4.28. The molecule has 138 valence electrons. The fourth-order valence-corrected chi connectivity index (χ4v) is 3.30. The molecule has 0 saturated heterocycles. The lowest BCUT2D eigenvalue weighted by Gasteiger charge is -2.31. The van der Waals surface area contributed by atoms with Crippen molar-refractivity contribution in [3.8, 4) is 0 Å². The van der Waals surface area contributed by atoms with Gasteiger partial charge in [-0.05, 0) is 56.3 Å². The van der Waals surface area contributed by atoms with Gasteiger partial charge in [-0.2, -0.15) is 5.10 Å². The van der Waals surface area contributed by atoms with Gasteiger partial charge in [0, 0.05) is 17.9 Å². The minimum Gasteiger partial charge on any atom is -0.379 e. The number of benzene rings is 2. The summed E-state index contributed by atoms with van der Waals surface area (Å²) in [6, 6.07) is 16.0. The lowest BCUT2D eigenvalue weighted by atomic mass is 10.1. The Morgan fingerprint density at radius 3 is 2.56 bits per heavy atom. The minimum atomic E-state index is -0.314. The van der Waals surface area contributed by atoms with Crippen molar-refractivity contribution in [2.45, 2.75) is 26.4 Å². The van der Waals surface area contributed by atoms with Crippen molar-refractivity contribution in [3.63, 3.8) is 0 Å². The van der Waals surface area contributed by atoms with Gasteiger partial charge in [-0.3, -0.25) is 9.48 Å². The van der Waals surface area contributed by atoms with Crippen LogP contribution in [0.5, 0.6) is 0 Å². The van der Waals surface area contributed by atoms with Crippen molar-refractivity contribution in [2.75, 3.05) is 16.8 Å². The molecule has 6 heteroatoms. The van der Waals surface area contributed by atoms with Crippen LogP contribution in [-0.2, 0) is 6.54 Å². The van der Waals surface area contributed by atoms with E-state index in [1.807, 2.05) is 44.2 Å². The van der Waals surface area contributed by atoms with E-state index in [0.717, 1.165) is 11.4 Å². The summed E-state index contributed by atoms with van der Waals surface area (Å²) in [6.45, 7) is 5.12. The molecular formula is C21H21FN4O. The van der Waals surface area contributed by atoms with Crippen LogP contribution in [0.4, 0.5) is 15.8 Å². The van der Waals surface area contributed by atoms with Gasteiger partial charge in [0.15, 0.2) is 0 Å². The average Bonchev–Trinajstić information content (AvgIpc) is 3.10. The Kier molecular flexibility index (Phi) is 4.39. The van der Waals surface area contributed by atoms with Gasteiger partial charge < -0.3 is 10.2 Å². The number of nitrogens with one attached hydrogen (secondary N) is 1. The number of hydrogen-bond acceptors (Lipinski definition) is 3. The van der Waals surface area contributed by atoms with Gasteiger partial charge in [-0.25, -0.2) is 4.39 Å². The SMILES string of the molecule is Cc1ccc(NCc2cc3n(n2)[C@H](C)CN(c2ccc(F)cc2)C3=O)cc1. The van der Waals surface area contributed by atoms with E-state index in [2.05, 4.69) is 10.4 Å². The van der Waals surface area contributed by atoms with Gasteiger partial charge in [-0.1, -0.05) is 17.7 Å². The first-order valence-corrected chi connectivity index (χ1v) is 8.97. The Bertz CT molecular complexity index is 963. The standard InChI is InChI=1S/C21H21FN4O/c1-14-3-7-17(8-4-14)23-12-18-11-20-21(27)25(13-15(2)26(20)24-18)19-9-5-16(22)6-10-19/h3-11,15,23H,12-13H2,1-2H3/t15-/m1/s1. The molecule has 0 unspecified atom stereocenters. The van der Waals surface area contributed by atoms with E-state index in [0.29, 0.717) is 24.5 Å². The van der Waals surface area contributed by atoms with Crippen molar-refractivity contribution < 1.29 is 9.18 Å². The number of fused-ring (bicyclic) bond motifs is 1. The fourth-order valence-electron chi connectivity index (χ4n) is 3.30. The van der Waals surface area contributed by atoms with Crippen LogP contribution in [0.2, 0.25) is 0 Å². The number of amides is 1. The van der Waals surface area contributed by atoms with E-state index in [1.165, 1.54) is 17.7 Å². The van der Waals surface area contributed by atoms with Crippen LogP contribution in [0.25, 0.3) is 0 Å². The lowest BCUT2D eigenvalue weighted by Crippen LogP contribution is -2.42. The van der Waals surface area contributed by atoms with Crippen molar-refractivity contribution in [3.05, 3.63) is 77.4 Å². The number of halogens is 1. The maximum absolute atomic E-state index is 13.2. The molecule has 1 atom stereocenters. The van der Waals surface area contributed by atoms with Crippen LogP contribution in [0.1, 0.15) is 34.7 Å². The van der Waals surface area contributed by atoms with Gasteiger partial charge in [0.05, 0.1) is 18.3 Å². The van der Waals surface area contributed by atoms with Crippen LogP contribution in [0, 0.1) is 12.7 Å². The zero-order valence-electron chi connectivity index (χ0n) is 15.3. The third-order valence-electron chi connectivity index (χ3n) is 4.78. The van der Waals surface area contributed by atoms with Crippen LogP contribution < -0.4 is 10.2 Å². The summed E-state index contributed by atoms with van der Waals surface area (Å²) < 4.78 is 15.0. The highest BCUT2D eigenvalue weighted by Crippen LogP contribution is 2.27. The smallest absolute Gasteiger partial charge is 0.276 e. The van der Waals surface area contributed by atoms with E-state index in [4.69, 9.17) is 0 Å². The second-order valence-corrected chi connectivity index (χ2v) is 6.93. The van der Waals surface area contributed by atoms with Crippen LogP contribution in [-0.4, -0.2) is 22.2 Å². The molecule has 27 heavy (non-hydrogen) atoms. The summed E-state index contributed by atoms with van der Waals surface area (Å²) in [7, 11) is 0. The van der Waals surface area contributed by atoms with Gasteiger partial charge >= 0.3 is 0 Å². The Balaban J connectivity index is 1.54. The lowest BCUT2D eigenvalue weighted by molar-refractivity contribution is 0.0953. The number of aryl methyl sites for hydroxylation is 1. The van der Waals surface area contributed by atoms with Gasteiger partial charge in [0.25, 0.3) is 5.91 Å². The molecule has 0 saturated carbocycles. The third kappa shape index (κ3) is 3.43. The van der Waals surface area contributed by atoms with E-state index in [-0.39, 0.29) is 17.8 Å². The largest absolute Gasteiger partial charge is 0.379 e. The Morgan fingerprint density at radius 1 is 1.15 bits per heavy atom. The number of hydrogen-bond donors (Lipinski definition) is 1. The molecule has 1 amide bonds. The Hall–Kier alpha value is -3.15.